The van der Waals surface area contributed by atoms with Gasteiger partial charge in [-0.2, -0.15) is 0 Å². The van der Waals surface area contributed by atoms with Crippen LogP contribution in [0.25, 0.3) is 0 Å². The minimum absolute atomic E-state index is 0.0478. The molecular formula is C15H23N3O2. The van der Waals surface area contributed by atoms with Crippen molar-refractivity contribution in [3.05, 3.63) is 29.8 Å². The number of anilines is 1. The Morgan fingerprint density at radius 1 is 1.25 bits per heavy atom. The Morgan fingerprint density at radius 3 is 2.50 bits per heavy atom. The molecule has 1 aromatic carbocycles. The lowest BCUT2D eigenvalue weighted by molar-refractivity contribution is -0.123. The summed E-state index contributed by atoms with van der Waals surface area (Å²) in [5.41, 5.74) is 1.81. The molecule has 1 aromatic rings. The first-order chi connectivity index (χ1) is 9.40. The molecule has 0 aromatic heterocycles. The second kappa shape index (κ2) is 7.65. The molecule has 20 heavy (non-hydrogen) atoms. The largest absolute Gasteiger partial charge is 0.353 e. The molecule has 2 amide bonds. The van der Waals surface area contributed by atoms with Gasteiger partial charge in [0.05, 0.1) is 0 Å². The van der Waals surface area contributed by atoms with Crippen LogP contribution in [0.5, 0.6) is 0 Å². The minimum atomic E-state index is -0.149. The molecule has 0 spiro atoms. The molecule has 0 saturated carbocycles. The highest BCUT2D eigenvalue weighted by Gasteiger charge is 2.15. The average molecular weight is 277 g/mol. The van der Waals surface area contributed by atoms with Crippen LogP contribution in [0.4, 0.5) is 5.69 Å². The Bertz CT molecular complexity index is 472. The van der Waals surface area contributed by atoms with Crippen molar-refractivity contribution in [1.82, 2.24) is 10.2 Å². The van der Waals surface area contributed by atoms with Gasteiger partial charge in [0.2, 0.25) is 11.8 Å². The number of likely N-dealkylation sites (N-methyl/N-ethyl adjacent to an activating group) is 1. The molecule has 5 heteroatoms. The van der Waals surface area contributed by atoms with E-state index in [9.17, 15) is 9.59 Å². The fraction of sp³-hybridized carbons (Fsp3) is 0.467. The summed E-state index contributed by atoms with van der Waals surface area (Å²) in [6.07, 6.45) is 0. The molecule has 0 unspecified atom stereocenters. The molecule has 0 aliphatic heterocycles. The number of benzene rings is 1. The lowest BCUT2D eigenvalue weighted by atomic mass is 10.2. The third-order valence-corrected chi connectivity index (χ3v) is 2.88. The number of carbonyl (C=O) groups is 2. The molecule has 0 heterocycles. The first kappa shape index (κ1) is 16.2. The molecule has 0 saturated heterocycles. The van der Waals surface area contributed by atoms with Gasteiger partial charge in [0.15, 0.2) is 0 Å². The Kier molecular flexibility index (Phi) is 6.18. The van der Waals surface area contributed by atoms with Crippen LogP contribution in [0.15, 0.2) is 24.3 Å². The van der Waals surface area contributed by atoms with E-state index in [0.717, 1.165) is 17.8 Å². The van der Waals surface area contributed by atoms with E-state index in [0.29, 0.717) is 6.54 Å². The molecule has 0 atom stereocenters. The third-order valence-electron chi connectivity index (χ3n) is 2.88. The fourth-order valence-electron chi connectivity index (χ4n) is 1.80. The maximum Gasteiger partial charge on any atom is 0.240 e. The topological polar surface area (TPSA) is 52.7 Å². The summed E-state index contributed by atoms with van der Waals surface area (Å²) in [5.74, 6) is -0.290. The summed E-state index contributed by atoms with van der Waals surface area (Å²) in [5, 5.41) is 2.81. The fourth-order valence-corrected chi connectivity index (χ4v) is 1.80. The maximum absolute atomic E-state index is 11.9. The van der Waals surface area contributed by atoms with Gasteiger partial charge in [-0.25, -0.2) is 0 Å². The van der Waals surface area contributed by atoms with Crippen LogP contribution in [-0.2, 0) is 9.59 Å². The summed E-state index contributed by atoms with van der Waals surface area (Å²) in [7, 11) is 3.89. The van der Waals surface area contributed by atoms with Crippen molar-refractivity contribution in [3.8, 4) is 0 Å². The van der Waals surface area contributed by atoms with Crippen LogP contribution >= 0.6 is 0 Å². The number of carbonyl (C=O) groups excluding carboxylic acids is 2. The summed E-state index contributed by atoms with van der Waals surface area (Å²) in [6.45, 7) is 4.82. The summed E-state index contributed by atoms with van der Waals surface area (Å²) >= 11 is 0. The van der Waals surface area contributed by atoms with Gasteiger partial charge in [-0.3, -0.25) is 9.59 Å². The van der Waals surface area contributed by atoms with Crippen LogP contribution in [0.3, 0.4) is 0 Å². The molecule has 0 aliphatic rings. The molecule has 0 bridgehead atoms. The lowest BCUT2D eigenvalue weighted by Gasteiger charge is -2.21. The van der Waals surface area contributed by atoms with E-state index in [4.69, 9.17) is 0 Å². The molecular weight excluding hydrogens is 254 g/mol. The van der Waals surface area contributed by atoms with Gasteiger partial charge in [0, 0.05) is 25.7 Å². The second-order valence-corrected chi connectivity index (χ2v) is 5.10. The highest BCUT2D eigenvalue weighted by molar-refractivity contribution is 5.97. The van der Waals surface area contributed by atoms with Crippen molar-refractivity contribution in [1.29, 1.82) is 0 Å². The van der Waals surface area contributed by atoms with Gasteiger partial charge in [-0.05, 0) is 38.7 Å². The molecule has 0 fully saturated rings. The third kappa shape index (κ3) is 5.40. The molecule has 1 rings (SSSR count). The maximum atomic E-state index is 11.9. The number of nitrogens with one attached hydrogen (secondary N) is 1. The molecule has 0 aliphatic carbocycles. The Balaban J connectivity index is 2.64. The van der Waals surface area contributed by atoms with Crippen molar-refractivity contribution in [2.24, 2.45) is 0 Å². The molecule has 0 radical (unpaired) electrons. The smallest absolute Gasteiger partial charge is 0.240 e. The first-order valence-electron chi connectivity index (χ1n) is 6.66. The van der Waals surface area contributed by atoms with Gasteiger partial charge in [0.25, 0.3) is 0 Å². The summed E-state index contributed by atoms with van der Waals surface area (Å²) in [6, 6.07) is 7.57. The van der Waals surface area contributed by atoms with Gasteiger partial charge < -0.3 is 15.1 Å². The van der Waals surface area contributed by atoms with Crippen LogP contribution in [0.1, 0.15) is 12.5 Å². The zero-order valence-electron chi connectivity index (χ0n) is 12.6. The minimum Gasteiger partial charge on any atom is -0.353 e. The molecule has 5 nitrogen and oxygen atoms in total. The monoisotopic (exact) mass is 277 g/mol. The number of aryl methyl sites for hydroxylation is 1. The van der Waals surface area contributed by atoms with Gasteiger partial charge in [0.1, 0.15) is 6.54 Å². The van der Waals surface area contributed by atoms with E-state index in [1.54, 1.807) is 0 Å². The Labute approximate surface area is 120 Å². The van der Waals surface area contributed by atoms with Crippen molar-refractivity contribution in [2.45, 2.75) is 13.8 Å². The first-order valence-corrected chi connectivity index (χ1v) is 6.66. The van der Waals surface area contributed by atoms with E-state index >= 15 is 0 Å². The van der Waals surface area contributed by atoms with E-state index in [2.05, 4.69) is 5.32 Å². The van der Waals surface area contributed by atoms with Crippen molar-refractivity contribution < 1.29 is 9.59 Å². The van der Waals surface area contributed by atoms with E-state index in [1.165, 1.54) is 11.8 Å². The standard InChI is InChI=1S/C15H23N3O2/c1-12-6-5-7-14(10-12)18(13(2)19)11-15(20)16-8-9-17(3)4/h5-7,10H,8-9,11H2,1-4H3,(H,16,20). The number of amides is 2. The zero-order chi connectivity index (χ0) is 15.1. The molecule has 1 N–H and O–H groups in total. The quantitative estimate of drug-likeness (QED) is 0.845. The summed E-state index contributed by atoms with van der Waals surface area (Å²) < 4.78 is 0. The van der Waals surface area contributed by atoms with Crippen LogP contribution in [-0.4, -0.2) is 50.4 Å². The van der Waals surface area contributed by atoms with Crippen molar-refractivity contribution in [3.63, 3.8) is 0 Å². The van der Waals surface area contributed by atoms with E-state index in [1.807, 2.05) is 50.2 Å². The molecule has 110 valence electrons. The average Bonchev–Trinajstić information content (AvgIpc) is 2.35. The Hall–Kier alpha value is -1.88. The number of nitrogens with zero attached hydrogens (tertiary/aromatic N) is 2. The SMILES string of the molecule is CC(=O)N(CC(=O)NCCN(C)C)c1cccc(C)c1. The highest BCUT2D eigenvalue weighted by atomic mass is 16.2. The summed E-state index contributed by atoms with van der Waals surface area (Å²) in [4.78, 5) is 27.1. The van der Waals surface area contributed by atoms with Crippen LogP contribution < -0.4 is 10.2 Å². The van der Waals surface area contributed by atoms with Gasteiger partial charge in [-0.1, -0.05) is 12.1 Å². The lowest BCUT2D eigenvalue weighted by Crippen LogP contribution is -2.41. The predicted octanol–water partition coefficient (Wildman–Crippen LogP) is 1.03. The number of hydrogen-bond donors (Lipinski definition) is 1. The van der Waals surface area contributed by atoms with Crippen molar-refractivity contribution in [2.75, 3.05) is 38.6 Å². The van der Waals surface area contributed by atoms with E-state index < -0.39 is 0 Å². The predicted molar refractivity (Wildman–Crippen MR) is 80.8 cm³/mol. The highest BCUT2D eigenvalue weighted by Crippen LogP contribution is 2.15. The second-order valence-electron chi connectivity index (χ2n) is 5.10. The zero-order valence-corrected chi connectivity index (χ0v) is 12.6. The van der Waals surface area contributed by atoms with Gasteiger partial charge in [-0.15, -0.1) is 0 Å². The Morgan fingerprint density at radius 2 is 1.95 bits per heavy atom. The normalized spacial score (nSPS) is 10.4. The van der Waals surface area contributed by atoms with Crippen molar-refractivity contribution >= 4 is 17.5 Å². The van der Waals surface area contributed by atoms with Crippen LogP contribution in [0.2, 0.25) is 0 Å². The number of rotatable bonds is 6. The van der Waals surface area contributed by atoms with Gasteiger partial charge >= 0.3 is 0 Å². The van der Waals surface area contributed by atoms with E-state index in [-0.39, 0.29) is 18.4 Å². The van der Waals surface area contributed by atoms with Crippen LogP contribution in [0, 0.1) is 6.92 Å². The number of hydrogen-bond acceptors (Lipinski definition) is 3.